The van der Waals surface area contributed by atoms with Gasteiger partial charge in [-0.25, -0.2) is 0 Å². The van der Waals surface area contributed by atoms with Crippen LogP contribution in [0.3, 0.4) is 0 Å². The Balaban J connectivity index is 2.11. The first-order chi connectivity index (χ1) is 13.9. The molecule has 29 heavy (non-hydrogen) atoms. The first-order valence-electron chi connectivity index (χ1n) is 8.74. The van der Waals surface area contributed by atoms with Crippen LogP contribution in [-0.4, -0.2) is 29.6 Å². The second-order valence-electron chi connectivity index (χ2n) is 6.14. The number of benzene rings is 2. The number of hydrogen-bond acceptors (Lipinski definition) is 6. The van der Waals surface area contributed by atoms with Gasteiger partial charge in [0.2, 0.25) is 0 Å². The van der Waals surface area contributed by atoms with Gasteiger partial charge >= 0.3 is 0 Å². The lowest BCUT2D eigenvalue weighted by atomic mass is 10.1. The summed E-state index contributed by atoms with van der Waals surface area (Å²) < 4.78 is 12.0. The Morgan fingerprint density at radius 3 is 2.21 bits per heavy atom. The molecule has 0 radical (unpaired) electrons. The van der Waals surface area contributed by atoms with E-state index in [0.717, 1.165) is 0 Å². The zero-order valence-corrected chi connectivity index (χ0v) is 16.1. The highest BCUT2D eigenvalue weighted by Crippen LogP contribution is 2.32. The van der Waals surface area contributed by atoms with E-state index in [1.165, 1.54) is 49.2 Å². The zero-order chi connectivity index (χ0) is 21.1. The molecule has 1 heterocycles. The third-order valence-electron chi connectivity index (χ3n) is 4.51. The summed E-state index contributed by atoms with van der Waals surface area (Å²) in [6.07, 6.45) is 1.48. The maximum absolute atomic E-state index is 12.9. The number of nitro groups is 1. The fourth-order valence-corrected chi connectivity index (χ4v) is 3.00. The molecular formula is C20H19N3O6. The number of anilines is 1. The maximum Gasteiger partial charge on any atom is 0.269 e. The number of carbonyl (C=O) groups is 1. The van der Waals surface area contributed by atoms with Gasteiger partial charge in [0.25, 0.3) is 17.2 Å². The second kappa shape index (κ2) is 8.01. The Labute approximate surface area is 165 Å². The number of hydrogen-bond donors (Lipinski definition) is 1. The molecule has 0 atom stereocenters. The standard InChI is InChI=1S/C20H19N3O6/c1-4-22-11-16(19(24)21-12-5-7-13(8-6-12)23(26)27)14-9-17(28-2)18(29-3)10-15(14)20(22)25/h5-11H,4H2,1-3H3,(H,21,24). The lowest BCUT2D eigenvalue weighted by Gasteiger charge is -2.14. The highest BCUT2D eigenvalue weighted by molar-refractivity contribution is 6.13. The monoisotopic (exact) mass is 397 g/mol. The van der Waals surface area contributed by atoms with Gasteiger partial charge in [-0.2, -0.15) is 0 Å². The van der Waals surface area contributed by atoms with Crippen molar-refractivity contribution in [3.63, 3.8) is 0 Å². The maximum atomic E-state index is 12.9. The number of non-ortho nitro benzene ring substituents is 1. The summed E-state index contributed by atoms with van der Waals surface area (Å²) >= 11 is 0. The van der Waals surface area contributed by atoms with E-state index >= 15 is 0 Å². The molecule has 0 fully saturated rings. The number of carbonyl (C=O) groups excluding carboxylic acids is 1. The van der Waals surface area contributed by atoms with E-state index in [1.54, 1.807) is 19.1 Å². The van der Waals surface area contributed by atoms with Gasteiger partial charge < -0.3 is 19.4 Å². The van der Waals surface area contributed by atoms with Gasteiger partial charge in [-0.1, -0.05) is 0 Å². The molecule has 0 aliphatic heterocycles. The zero-order valence-electron chi connectivity index (χ0n) is 16.1. The number of methoxy groups -OCH3 is 2. The molecule has 150 valence electrons. The quantitative estimate of drug-likeness (QED) is 0.505. The van der Waals surface area contributed by atoms with E-state index in [9.17, 15) is 19.7 Å². The number of aromatic nitrogens is 1. The number of nitro benzene ring substituents is 1. The molecule has 0 unspecified atom stereocenters. The number of pyridine rings is 1. The van der Waals surface area contributed by atoms with Gasteiger partial charge in [0.05, 0.1) is 30.1 Å². The van der Waals surface area contributed by atoms with E-state index in [-0.39, 0.29) is 16.8 Å². The van der Waals surface area contributed by atoms with Crippen LogP contribution < -0.4 is 20.3 Å². The minimum Gasteiger partial charge on any atom is -0.493 e. The predicted octanol–water partition coefficient (Wildman–Crippen LogP) is 3.20. The molecule has 0 aliphatic carbocycles. The second-order valence-corrected chi connectivity index (χ2v) is 6.14. The molecule has 2 aromatic carbocycles. The molecule has 1 N–H and O–H groups in total. The van der Waals surface area contributed by atoms with Gasteiger partial charge in [-0.05, 0) is 31.2 Å². The van der Waals surface area contributed by atoms with Crippen molar-refractivity contribution in [1.29, 1.82) is 0 Å². The Kier molecular flexibility index (Phi) is 5.49. The fraction of sp³-hybridized carbons (Fsp3) is 0.200. The van der Waals surface area contributed by atoms with Crippen molar-refractivity contribution in [2.45, 2.75) is 13.5 Å². The molecule has 0 bridgehead atoms. The summed E-state index contributed by atoms with van der Waals surface area (Å²) in [5.74, 6) is 0.309. The Morgan fingerprint density at radius 1 is 1.10 bits per heavy atom. The van der Waals surface area contributed by atoms with Crippen molar-refractivity contribution < 1.29 is 19.2 Å². The van der Waals surface area contributed by atoms with Crippen LogP contribution in [0.4, 0.5) is 11.4 Å². The summed E-state index contributed by atoms with van der Waals surface area (Å²) in [5.41, 5.74) is 0.324. The van der Waals surface area contributed by atoms with Crippen molar-refractivity contribution in [2.24, 2.45) is 0 Å². The third-order valence-corrected chi connectivity index (χ3v) is 4.51. The smallest absolute Gasteiger partial charge is 0.269 e. The number of fused-ring (bicyclic) bond motifs is 1. The Morgan fingerprint density at radius 2 is 1.69 bits per heavy atom. The van der Waals surface area contributed by atoms with Crippen molar-refractivity contribution in [1.82, 2.24) is 4.57 Å². The first-order valence-corrected chi connectivity index (χ1v) is 8.74. The minimum atomic E-state index is -0.518. The number of aryl methyl sites for hydroxylation is 1. The summed E-state index contributed by atoms with van der Waals surface area (Å²) in [7, 11) is 2.93. The lowest BCUT2D eigenvalue weighted by Crippen LogP contribution is -2.23. The van der Waals surface area contributed by atoms with Gasteiger partial charge in [0, 0.05) is 35.9 Å². The van der Waals surface area contributed by atoms with Crippen molar-refractivity contribution in [3.8, 4) is 11.5 Å². The van der Waals surface area contributed by atoms with Crippen LogP contribution in [0.1, 0.15) is 17.3 Å². The minimum absolute atomic E-state index is 0.0789. The summed E-state index contributed by atoms with van der Waals surface area (Å²) in [5, 5.41) is 14.2. The largest absolute Gasteiger partial charge is 0.493 e. The number of amides is 1. The van der Waals surface area contributed by atoms with Crippen molar-refractivity contribution in [2.75, 3.05) is 19.5 Å². The van der Waals surface area contributed by atoms with Crippen LogP contribution in [0, 0.1) is 10.1 Å². The lowest BCUT2D eigenvalue weighted by molar-refractivity contribution is -0.384. The molecule has 0 spiro atoms. The van der Waals surface area contributed by atoms with E-state index in [2.05, 4.69) is 5.32 Å². The van der Waals surface area contributed by atoms with E-state index in [0.29, 0.717) is 34.5 Å². The number of rotatable bonds is 6. The summed E-state index contributed by atoms with van der Waals surface area (Å²) in [4.78, 5) is 35.9. The molecule has 3 rings (SSSR count). The van der Waals surface area contributed by atoms with Gasteiger partial charge in [0.1, 0.15) is 0 Å². The highest BCUT2D eigenvalue weighted by Gasteiger charge is 2.18. The molecule has 0 aliphatic rings. The average molecular weight is 397 g/mol. The first kappa shape index (κ1) is 19.9. The molecular weight excluding hydrogens is 378 g/mol. The molecule has 0 saturated heterocycles. The van der Waals surface area contributed by atoms with Crippen LogP contribution in [0.5, 0.6) is 11.5 Å². The number of nitrogens with zero attached hydrogens (tertiary/aromatic N) is 2. The Bertz CT molecular complexity index is 1150. The van der Waals surface area contributed by atoms with Crippen LogP contribution in [0.25, 0.3) is 10.8 Å². The van der Waals surface area contributed by atoms with Gasteiger partial charge in [0.15, 0.2) is 11.5 Å². The highest BCUT2D eigenvalue weighted by atomic mass is 16.6. The van der Waals surface area contributed by atoms with Crippen molar-refractivity contribution >= 4 is 28.1 Å². The SMILES string of the molecule is CCn1cc(C(=O)Nc2ccc([N+](=O)[O-])cc2)c2cc(OC)c(OC)cc2c1=O. The Hall–Kier alpha value is -3.88. The fourth-order valence-electron chi connectivity index (χ4n) is 3.00. The van der Waals surface area contributed by atoms with Crippen molar-refractivity contribution in [3.05, 3.63) is 68.6 Å². The van der Waals surface area contributed by atoms with E-state index < -0.39 is 10.8 Å². The number of nitrogens with one attached hydrogen (secondary N) is 1. The van der Waals surface area contributed by atoms with Crippen LogP contribution >= 0.6 is 0 Å². The predicted molar refractivity (Wildman–Crippen MR) is 108 cm³/mol. The van der Waals surface area contributed by atoms with Crippen LogP contribution in [0.2, 0.25) is 0 Å². The van der Waals surface area contributed by atoms with E-state index in [4.69, 9.17) is 9.47 Å². The molecule has 9 nitrogen and oxygen atoms in total. The van der Waals surface area contributed by atoms with Gasteiger partial charge in [-0.15, -0.1) is 0 Å². The van der Waals surface area contributed by atoms with Gasteiger partial charge in [-0.3, -0.25) is 19.7 Å². The molecule has 1 amide bonds. The topological polar surface area (TPSA) is 113 Å². The van der Waals surface area contributed by atoms with Crippen LogP contribution in [-0.2, 0) is 6.54 Å². The van der Waals surface area contributed by atoms with E-state index in [1.807, 2.05) is 0 Å². The molecule has 1 aromatic heterocycles. The summed E-state index contributed by atoms with van der Waals surface area (Å²) in [6.45, 7) is 2.17. The summed E-state index contributed by atoms with van der Waals surface area (Å²) in [6, 6.07) is 8.62. The average Bonchev–Trinajstić information content (AvgIpc) is 2.73. The molecule has 3 aromatic rings. The third kappa shape index (κ3) is 3.75. The number of ether oxygens (including phenoxy) is 2. The normalized spacial score (nSPS) is 10.6. The molecule has 9 heteroatoms. The molecule has 0 saturated carbocycles. The van der Waals surface area contributed by atoms with Crippen LogP contribution in [0.15, 0.2) is 47.4 Å².